The molecule has 0 aliphatic carbocycles. The highest BCUT2D eigenvalue weighted by atomic mass is 127. The summed E-state index contributed by atoms with van der Waals surface area (Å²) >= 11 is 2.31. The molecule has 3 rings (SSSR count). The predicted molar refractivity (Wildman–Crippen MR) is 111 cm³/mol. The average molecular weight is 428 g/mol. The molecule has 0 aliphatic heterocycles. The van der Waals surface area contributed by atoms with E-state index in [-0.39, 0.29) is 0 Å². The van der Waals surface area contributed by atoms with Crippen molar-refractivity contribution in [1.82, 2.24) is 4.57 Å². The molecule has 0 unspecified atom stereocenters. The number of aromatic nitrogens is 1. The van der Waals surface area contributed by atoms with Crippen LogP contribution in [-0.2, 0) is 6.42 Å². The van der Waals surface area contributed by atoms with Crippen molar-refractivity contribution in [3.63, 3.8) is 0 Å². The Balaban J connectivity index is 1.99. The zero-order chi connectivity index (χ0) is 17.1. The molecule has 24 heavy (non-hydrogen) atoms. The van der Waals surface area contributed by atoms with Gasteiger partial charge < -0.3 is 4.57 Å². The molecule has 0 spiro atoms. The number of para-hydroxylation sites is 1. The molecule has 3 aromatic rings. The molecule has 0 fully saturated rings. The van der Waals surface area contributed by atoms with E-state index in [2.05, 4.69) is 95.4 Å². The van der Waals surface area contributed by atoms with E-state index in [9.17, 15) is 0 Å². The van der Waals surface area contributed by atoms with Gasteiger partial charge in [0.1, 0.15) is 0 Å². The summed E-state index contributed by atoms with van der Waals surface area (Å²) in [5.41, 5.74) is 7.23. The van der Waals surface area contributed by atoms with Crippen LogP contribution in [0.1, 0.15) is 29.4 Å². The van der Waals surface area contributed by atoms with Crippen LogP contribution in [0.2, 0.25) is 0 Å². The molecule has 0 aliphatic rings. The lowest BCUT2D eigenvalue weighted by Gasteiger charge is -2.13. The van der Waals surface area contributed by atoms with Gasteiger partial charge in [0.25, 0.3) is 0 Å². The van der Waals surface area contributed by atoms with Gasteiger partial charge in [0, 0.05) is 32.4 Å². The minimum atomic E-state index is 0.981. The topological polar surface area (TPSA) is 17.3 Å². The molecule has 3 heteroatoms. The largest absolute Gasteiger partial charge is 0.318 e. The second kappa shape index (κ2) is 7.34. The van der Waals surface area contributed by atoms with Gasteiger partial charge in [-0.25, -0.2) is 0 Å². The highest BCUT2D eigenvalue weighted by Gasteiger charge is 2.11. The Hall–Kier alpha value is -1.88. The van der Waals surface area contributed by atoms with Gasteiger partial charge in [-0.2, -0.15) is 0 Å². The quantitative estimate of drug-likeness (QED) is 0.358. The van der Waals surface area contributed by atoms with Gasteiger partial charge in [-0.15, -0.1) is 0 Å². The predicted octanol–water partition coefficient (Wildman–Crippen LogP) is 6.01. The molecule has 1 heterocycles. The number of hydrogen-bond donors (Lipinski definition) is 0. The first kappa shape index (κ1) is 17.0. The van der Waals surface area contributed by atoms with Crippen LogP contribution in [0, 0.1) is 17.4 Å². The van der Waals surface area contributed by atoms with E-state index in [1.165, 1.54) is 26.2 Å². The SMILES string of the molecule is CCc1ccccc1-n1c(C)cc(C=Nc2ccc(I)cc2)c1C. The highest BCUT2D eigenvalue weighted by Crippen LogP contribution is 2.24. The van der Waals surface area contributed by atoms with E-state index in [0.717, 1.165) is 17.7 Å². The van der Waals surface area contributed by atoms with Crippen LogP contribution >= 0.6 is 22.6 Å². The van der Waals surface area contributed by atoms with Crippen molar-refractivity contribution < 1.29 is 0 Å². The first-order valence-corrected chi connectivity index (χ1v) is 9.25. The number of hydrogen-bond acceptors (Lipinski definition) is 1. The summed E-state index contributed by atoms with van der Waals surface area (Å²) in [6, 6.07) is 19.1. The fourth-order valence-corrected chi connectivity index (χ4v) is 3.35. The van der Waals surface area contributed by atoms with E-state index in [4.69, 9.17) is 0 Å². The number of benzene rings is 2. The number of nitrogens with zero attached hydrogens (tertiary/aromatic N) is 2. The van der Waals surface area contributed by atoms with E-state index in [1.807, 2.05) is 18.3 Å². The summed E-state index contributed by atoms with van der Waals surface area (Å²) in [6.07, 6.45) is 2.99. The van der Waals surface area contributed by atoms with Crippen molar-refractivity contribution in [3.05, 3.63) is 80.7 Å². The summed E-state index contributed by atoms with van der Waals surface area (Å²) in [7, 11) is 0. The monoisotopic (exact) mass is 428 g/mol. The molecule has 0 radical (unpaired) electrons. The van der Waals surface area contributed by atoms with Crippen LogP contribution in [0.3, 0.4) is 0 Å². The van der Waals surface area contributed by atoms with Gasteiger partial charge in [0.05, 0.1) is 5.69 Å². The van der Waals surface area contributed by atoms with Gasteiger partial charge in [-0.05, 0) is 84.8 Å². The molecule has 0 bridgehead atoms. The maximum Gasteiger partial charge on any atom is 0.0630 e. The summed E-state index contributed by atoms with van der Waals surface area (Å²) in [4.78, 5) is 4.63. The molecule has 0 saturated carbocycles. The maximum atomic E-state index is 4.63. The summed E-state index contributed by atoms with van der Waals surface area (Å²) < 4.78 is 3.55. The Labute approximate surface area is 157 Å². The Morgan fingerprint density at radius 2 is 1.75 bits per heavy atom. The number of aryl methyl sites for hydroxylation is 2. The molecule has 0 atom stereocenters. The molecule has 2 nitrogen and oxygen atoms in total. The Bertz CT molecular complexity index is 873. The van der Waals surface area contributed by atoms with Crippen LogP contribution in [0.4, 0.5) is 5.69 Å². The van der Waals surface area contributed by atoms with Crippen LogP contribution in [-0.4, -0.2) is 10.8 Å². The standard InChI is InChI=1S/C21H21IN2/c1-4-17-7-5-6-8-21(17)24-15(2)13-18(16(24)3)14-23-20-11-9-19(22)10-12-20/h5-14H,4H2,1-3H3. The van der Waals surface area contributed by atoms with E-state index in [0.29, 0.717) is 0 Å². The Morgan fingerprint density at radius 1 is 1.04 bits per heavy atom. The molecular formula is C21H21IN2. The van der Waals surface area contributed by atoms with Gasteiger partial charge in [0.2, 0.25) is 0 Å². The molecule has 0 saturated heterocycles. The van der Waals surface area contributed by atoms with Crippen LogP contribution < -0.4 is 0 Å². The van der Waals surface area contributed by atoms with Crippen molar-refractivity contribution in [1.29, 1.82) is 0 Å². The second-order valence-corrected chi connectivity index (χ2v) is 7.12. The zero-order valence-electron chi connectivity index (χ0n) is 14.3. The van der Waals surface area contributed by atoms with Crippen molar-refractivity contribution in [2.45, 2.75) is 27.2 Å². The molecule has 2 aromatic carbocycles. The van der Waals surface area contributed by atoms with Gasteiger partial charge in [-0.1, -0.05) is 25.1 Å². The summed E-state index contributed by atoms with van der Waals surface area (Å²) in [5.74, 6) is 0. The van der Waals surface area contributed by atoms with Gasteiger partial charge in [0.15, 0.2) is 0 Å². The molecule has 0 N–H and O–H groups in total. The zero-order valence-corrected chi connectivity index (χ0v) is 16.4. The average Bonchev–Trinajstić information content (AvgIpc) is 2.88. The second-order valence-electron chi connectivity index (χ2n) is 5.88. The van der Waals surface area contributed by atoms with Crippen molar-refractivity contribution >= 4 is 34.5 Å². The number of rotatable bonds is 4. The maximum absolute atomic E-state index is 4.63. The van der Waals surface area contributed by atoms with Gasteiger partial charge >= 0.3 is 0 Å². The van der Waals surface area contributed by atoms with E-state index < -0.39 is 0 Å². The first-order chi connectivity index (χ1) is 11.6. The first-order valence-electron chi connectivity index (χ1n) is 8.17. The van der Waals surface area contributed by atoms with Crippen LogP contribution in [0.15, 0.2) is 59.6 Å². The lowest BCUT2D eigenvalue weighted by atomic mass is 10.1. The fourth-order valence-electron chi connectivity index (χ4n) is 2.99. The Kier molecular flexibility index (Phi) is 5.19. The Morgan fingerprint density at radius 3 is 2.46 bits per heavy atom. The third kappa shape index (κ3) is 3.46. The van der Waals surface area contributed by atoms with Crippen molar-refractivity contribution in [3.8, 4) is 5.69 Å². The molecule has 122 valence electrons. The molecule has 1 aromatic heterocycles. The summed E-state index contributed by atoms with van der Waals surface area (Å²) in [5, 5.41) is 0. The number of halogens is 1. The lowest BCUT2D eigenvalue weighted by molar-refractivity contribution is 0.937. The number of aliphatic imine (C=N–C) groups is 1. The minimum absolute atomic E-state index is 0.981. The summed E-state index contributed by atoms with van der Waals surface area (Å²) in [6.45, 7) is 6.52. The van der Waals surface area contributed by atoms with Crippen LogP contribution in [0.25, 0.3) is 5.69 Å². The minimum Gasteiger partial charge on any atom is -0.318 e. The molecule has 0 amide bonds. The normalized spacial score (nSPS) is 11.3. The van der Waals surface area contributed by atoms with E-state index in [1.54, 1.807) is 0 Å². The third-order valence-electron chi connectivity index (χ3n) is 4.26. The molecular weight excluding hydrogens is 407 g/mol. The van der Waals surface area contributed by atoms with Crippen LogP contribution in [0.5, 0.6) is 0 Å². The smallest absolute Gasteiger partial charge is 0.0630 e. The van der Waals surface area contributed by atoms with Gasteiger partial charge in [-0.3, -0.25) is 4.99 Å². The van der Waals surface area contributed by atoms with Crippen molar-refractivity contribution in [2.24, 2.45) is 4.99 Å². The van der Waals surface area contributed by atoms with E-state index >= 15 is 0 Å². The third-order valence-corrected chi connectivity index (χ3v) is 4.98. The fraction of sp³-hybridized carbons (Fsp3) is 0.190. The lowest BCUT2D eigenvalue weighted by Crippen LogP contribution is -2.03. The highest BCUT2D eigenvalue weighted by molar-refractivity contribution is 14.1. The van der Waals surface area contributed by atoms with Crippen molar-refractivity contribution in [2.75, 3.05) is 0 Å².